The molecule has 0 fully saturated rings. The molecule has 4 rings (SSSR count). The van der Waals surface area contributed by atoms with Crippen LogP contribution in [0.25, 0.3) is 5.70 Å². The minimum absolute atomic E-state index is 0.0305. The monoisotopic (exact) mass is 504 g/mol. The molecule has 0 spiro atoms. The summed E-state index contributed by atoms with van der Waals surface area (Å²) in [6.07, 6.45) is 4.88. The summed E-state index contributed by atoms with van der Waals surface area (Å²) < 4.78 is 5.75. The molecule has 1 atom stereocenters. The van der Waals surface area contributed by atoms with Gasteiger partial charge in [0.05, 0.1) is 12.3 Å². The highest BCUT2D eigenvalue weighted by Crippen LogP contribution is 2.29. The van der Waals surface area contributed by atoms with Gasteiger partial charge in [0.25, 0.3) is 5.91 Å². The number of carbonyl (C=O) groups is 2. The van der Waals surface area contributed by atoms with Gasteiger partial charge in [-0.15, -0.1) is 0 Å². The Morgan fingerprint density at radius 2 is 1.92 bits per heavy atom. The highest BCUT2D eigenvalue weighted by Gasteiger charge is 2.31. The number of guanidine groups is 1. The largest absolute Gasteiger partial charge is 0.494 e. The zero-order chi connectivity index (χ0) is 26.2. The van der Waals surface area contributed by atoms with Gasteiger partial charge in [0, 0.05) is 41.7 Å². The van der Waals surface area contributed by atoms with Crippen molar-refractivity contribution in [2.24, 2.45) is 22.2 Å². The van der Waals surface area contributed by atoms with Crippen LogP contribution < -0.4 is 42.8 Å². The summed E-state index contributed by atoms with van der Waals surface area (Å²) in [5.41, 5.74) is 20.0. The van der Waals surface area contributed by atoms with Crippen LogP contribution in [0.3, 0.4) is 0 Å². The maximum atomic E-state index is 12.8. The molecule has 3 amide bonds. The van der Waals surface area contributed by atoms with Crippen molar-refractivity contribution in [2.75, 3.05) is 31.1 Å². The predicted octanol–water partition coefficient (Wildman–Crippen LogP) is 1.19. The number of carbonyl (C=O) groups excluding carboxylic acids is 2. The Morgan fingerprint density at radius 3 is 2.68 bits per heavy atom. The highest BCUT2D eigenvalue weighted by atomic mass is 16.5. The second-order valence-corrected chi connectivity index (χ2v) is 8.57. The molecule has 2 aromatic carbocycles. The number of ether oxygens (including phenoxy) is 1. The standard InChI is InChI=1S/C26H32N8O3/c27-10-2-13-37-21-5-1-4-18(14-21)22-15-19-16-34(26(36)33-23(19)32-22)20-8-6-17(7-9-20)24(35)30-11-3-12-31-25(28)29/h1,4-9,14-16,23,32H,2-3,10-13,27H2,(H,30,35)(H,33,36)(H4,28,29,31). The van der Waals surface area contributed by atoms with Crippen molar-refractivity contribution in [3.63, 3.8) is 0 Å². The summed E-state index contributed by atoms with van der Waals surface area (Å²) in [6.45, 7) is 2.03. The second kappa shape index (κ2) is 12.0. The average molecular weight is 505 g/mol. The summed E-state index contributed by atoms with van der Waals surface area (Å²) in [7, 11) is 0. The van der Waals surface area contributed by atoms with E-state index in [4.69, 9.17) is 21.9 Å². The molecule has 2 aromatic rings. The number of nitrogens with one attached hydrogen (secondary N) is 3. The van der Waals surface area contributed by atoms with E-state index in [-0.39, 0.29) is 24.1 Å². The van der Waals surface area contributed by atoms with E-state index in [1.165, 1.54) is 4.90 Å². The normalized spacial score (nSPS) is 16.1. The molecule has 2 aliphatic rings. The highest BCUT2D eigenvalue weighted by molar-refractivity contribution is 5.98. The van der Waals surface area contributed by atoms with Gasteiger partial charge >= 0.3 is 6.03 Å². The van der Waals surface area contributed by atoms with Crippen LogP contribution >= 0.6 is 0 Å². The number of amides is 3. The van der Waals surface area contributed by atoms with Crippen LogP contribution in [0.4, 0.5) is 10.5 Å². The Kier molecular flexibility index (Phi) is 8.26. The Morgan fingerprint density at radius 1 is 1.11 bits per heavy atom. The first-order valence-corrected chi connectivity index (χ1v) is 12.1. The zero-order valence-corrected chi connectivity index (χ0v) is 20.4. The van der Waals surface area contributed by atoms with Crippen molar-refractivity contribution in [3.8, 4) is 5.75 Å². The molecule has 37 heavy (non-hydrogen) atoms. The van der Waals surface area contributed by atoms with E-state index in [9.17, 15) is 9.59 Å². The molecular weight excluding hydrogens is 472 g/mol. The fourth-order valence-electron chi connectivity index (χ4n) is 3.91. The topological polar surface area (TPSA) is 173 Å². The number of nitrogens with zero attached hydrogens (tertiary/aromatic N) is 2. The number of fused-ring (bicyclic) bond motifs is 1. The lowest BCUT2D eigenvalue weighted by molar-refractivity contribution is 0.0953. The zero-order valence-electron chi connectivity index (χ0n) is 20.4. The molecule has 11 heteroatoms. The van der Waals surface area contributed by atoms with Gasteiger partial charge in [-0.2, -0.15) is 0 Å². The molecule has 0 saturated heterocycles. The molecule has 0 radical (unpaired) electrons. The Labute approximate surface area is 215 Å². The van der Waals surface area contributed by atoms with E-state index >= 15 is 0 Å². The quantitative estimate of drug-likeness (QED) is 0.151. The van der Waals surface area contributed by atoms with E-state index in [2.05, 4.69) is 20.9 Å². The van der Waals surface area contributed by atoms with Crippen LogP contribution in [0.1, 0.15) is 28.8 Å². The van der Waals surface area contributed by atoms with E-state index in [0.29, 0.717) is 43.9 Å². The van der Waals surface area contributed by atoms with Crippen LogP contribution in [0.15, 0.2) is 71.4 Å². The predicted molar refractivity (Wildman–Crippen MR) is 144 cm³/mol. The average Bonchev–Trinajstić information content (AvgIpc) is 3.31. The molecular formula is C26H32N8O3. The van der Waals surface area contributed by atoms with Crippen LogP contribution in [0.2, 0.25) is 0 Å². The van der Waals surface area contributed by atoms with Crippen molar-refractivity contribution in [1.82, 2.24) is 16.0 Å². The van der Waals surface area contributed by atoms with Gasteiger partial charge in [0.15, 0.2) is 5.96 Å². The molecule has 9 N–H and O–H groups in total. The summed E-state index contributed by atoms with van der Waals surface area (Å²) in [5.74, 6) is 0.587. The van der Waals surface area contributed by atoms with E-state index in [1.54, 1.807) is 30.5 Å². The van der Waals surface area contributed by atoms with Gasteiger partial charge in [-0.25, -0.2) is 4.79 Å². The summed E-state index contributed by atoms with van der Waals surface area (Å²) in [6, 6.07) is 14.3. The summed E-state index contributed by atoms with van der Waals surface area (Å²) in [4.78, 5) is 30.6. The van der Waals surface area contributed by atoms with Crippen LogP contribution in [0, 0.1) is 0 Å². The third kappa shape index (κ3) is 6.58. The first-order chi connectivity index (χ1) is 17.9. The van der Waals surface area contributed by atoms with Gasteiger partial charge in [-0.1, -0.05) is 12.1 Å². The Hall–Kier alpha value is -4.51. The van der Waals surface area contributed by atoms with Gasteiger partial charge in [-0.3, -0.25) is 14.7 Å². The lowest BCUT2D eigenvalue weighted by Crippen LogP contribution is -2.51. The van der Waals surface area contributed by atoms with Gasteiger partial charge in [-0.05, 0) is 61.9 Å². The van der Waals surface area contributed by atoms with E-state index < -0.39 is 0 Å². The van der Waals surface area contributed by atoms with Crippen molar-refractivity contribution in [3.05, 3.63) is 77.5 Å². The third-order valence-corrected chi connectivity index (χ3v) is 5.79. The molecule has 1 unspecified atom stereocenters. The molecule has 194 valence electrons. The van der Waals surface area contributed by atoms with Gasteiger partial charge in [0.2, 0.25) is 0 Å². The minimum Gasteiger partial charge on any atom is -0.494 e. The summed E-state index contributed by atoms with van der Waals surface area (Å²) >= 11 is 0. The molecule has 2 aliphatic heterocycles. The molecule has 11 nitrogen and oxygen atoms in total. The first kappa shape index (κ1) is 25.6. The minimum atomic E-state index is -0.329. The Balaban J connectivity index is 1.41. The second-order valence-electron chi connectivity index (χ2n) is 8.57. The SMILES string of the molecule is NCCCOc1cccc(C2=CC3=CN(c4ccc(C(=O)NCCCN=C(N)N)cc4)C(=O)NC3N2)c1. The van der Waals surface area contributed by atoms with Crippen molar-refractivity contribution < 1.29 is 14.3 Å². The van der Waals surface area contributed by atoms with Crippen LogP contribution in [-0.2, 0) is 0 Å². The number of anilines is 1. The van der Waals surface area contributed by atoms with Crippen LogP contribution in [-0.4, -0.2) is 50.3 Å². The van der Waals surface area contributed by atoms with Crippen molar-refractivity contribution in [2.45, 2.75) is 19.0 Å². The number of hydrogen-bond acceptors (Lipinski definition) is 6. The van der Waals surface area contributed by atoms with Gasteiger partial charge in [0.1, 0.15) is 11.9 Å². The van der Waals surface area contributed by atoms with Gasteiger partial charge < -0.3 is 37.9 Å². The van der Waals surface area contributed by atoms with Crippen LogP contribution in [0.5, 0.6) is 5.75 Å². The van der Waals surface area contributed by atoms with Crippen molar-refractivity contribution in [1.29, 1.82) is 0 Å². The number of benzene rings is 2. The Bertz CT molecular complexity index is 1220. The molecule has 0 aromatic heterocycles. The van der Waals surface area contributed by atoms with E-state index in [0.717, 1.165) is 29.0 Å². The fourth-order valence-corrected chi connectivity index (χ4v) is 3.91. The molecule has 2 heterocycles. The number of rotatable bonds is 11. The first-order valence-electron chi connectivity index (χ1n) is 12.1. The molecule has 0 bridgehead atoms. The maximum absolute atomic E-state index is 12.8. The number of nitrogens with two attached hydrogens (primary N) is 3. The lowest BCUT2D eigenvalue weighted by atomic mass is 10.1. The van der Waals surface area contributed by atoms with E-state index in [1.807, 2.05) is 30.3 Å². The number of hydrogen-bond donors (Lipinski definition) is 6. The number of aliphatic imine (C=N–C) groups is 1. The molecule has 0 aliphatic carbocycles. The van der Waals surface area contributed by atoms with Crippen molar-refractivity contribution >= 4 is 29.3 Å². The molecule has 0 saturated carbocycles. The smallest absolute Gasteiger partial charge is 0.327 e. The number of urea groups is 1. The summed E-state index contributed by atoms with van der Waals surface area (Å²) in [5, 5.41) is 9.14. The third-order valence-electron chi connectivity index (χ3n) is 5.79. The fraction of sp³-hybridized carbons (Fsp3) is 0.269. The maximum Gasteiger partial charge on any atom is 0.327 e. The lowest BCUT2D eigenvalue weighted by Gasteiger charge is -2.29.